The molecule has 0 saturated carbocycles. The highest BCUT2D eigenvalue weighted by Gasteiger charge is 2.22. The molecule has 5 nitrogen and oxygen atoms in total. The van der Waals surface area contributed by atoms with Crippen molar-refractivity contribution in [3.63, 3.8) is 0 Å². The van der Waals surface area contributed by atoms with Gasteiger partial charge in [-0.15, -0.1) is 0 Å². The molecule has 0 aliphatic carbocycles. The van der Waals surface area contributed by atoms with Gasteiger partial charge in [-0.3, -0.25) is 4.79 Å². The van der Waals surface area contributed by atoms with E-state index < -0.39 is 5.97 Å². The van der Waals surface area contributed by atoms with Crippen LogP contribution in [0.2, 0.25) is 0 Å². The van der Waals surface area contributed by atoms with Crippen molar-refractivity contribution in [3.8, 4) is 0 Å². The van der Waals surface area contributed by atoms with Gasteiger partial charge in [0.25, 0.3) is 0 Å². The summed E-state index contributed by atoms with van der Waals surface area (Å²) < 4.78 is 4.69. The summed E-state index contributed by atoms with van der Waals surface area (Å²) >= 11 is 0. The Kier molecular flexibility index (Phi) is 6.61. The van der Waals surface area contributed by atoms with Crippen molar-refractivity contribution in [2.75, 3.05) is 19.7 Å². The molecule has 0 unspecified atom stereocenters. The molecule has 0 aliphatic rings. The van der Waals surface area contributed by atoms with E-state index in [9.17, 15) is 9.59 Å². The zero-order chi connectivity index (χ0) is 13.5. The maximum atomic E-state index is 11.4. The molecule has 100 valence electrons. The topological polar surface area (TPSA) is 67.4 Å². The third-order valence-corrected chi connectivity index (χ3v) is 2.97. The van der Waals surface area contributed by atoms with Crippen LogP contribution in [0.5, 0.6) is 0 Å². The van der Waals surface area contributed by atoms with Gasteiger partial charge in [-0.25, -0.2) is 4.79 Å². The standard InChI is InChI=1S/C12H24N2O3/c1-6-17-10(15)7-13-11(16)14-8-12(4,5)9(2)3/h9H,6-8H2,1-5H3,(H2,13,14,16). The zero-order valence-electron chi connectivity index (χ0n) is 11.4. The number of hydrogen-bond donors (Lipinski definition) is 2. The van der Waals surface area contributed by atoms with Crippen LogP contribution in [0, 0.1) is 11.3 Å². The number of rotatable bonds is 6. The van der Waals surface area contributed by atoms with E-state index in [-0.39, 0.29) is 18.0 Å². The van der Waals surface area contributed by atoms with Gasteiger partial charge in [-0.1, -0.05) is 27.7 Å². The Balaban J connectivity index is 3.85. The summed E-state index contributed by atoms with van der Waals surface area (Å²) in [5.41, 5.74) is 0.0290. The molecule has 5 heteroatoms. The van der Waals surface area contributed by atoms with E-state index in [1.54, 1.807) is 6.92 Å². The Morgan fingerprint density at radius 3 is 2.29 bits per heavy atom. The predicted octanol–water partition coefficient (Wildman–Crippen LogP) is 1.53. The minimum Gasteiger partial charge on any atom is -0.465 e. The highest BCUT2D eigenvalue weighted by molar-refractivity contribution is 5.80. The molecule has 0 aliphatic heterocycles. The summed E-state index contributed by atoms with van der Waals surface area (Å²) in [6.07, 6.45) is 0. The fourth-order valence-corrected chi connectivity index (χ4v) is 0.939. The molecule has 0 atom stereocenters. The Labute approximate surface area is 103 Å². The fourth-order valence-electron chi connectivity index (χ4n) is 0.939. The van der Waals surface area contributed by atoms with Gasteiger partial charge < -0.3 is 15.4 Å². The van der Waals surface area contributed by atoms with Crippen molar-refractivity contribution < 1.29 is 14.3 Å². The second kappa shape index (κ2) is 7.14. The molecule has 0 spiro atoms. The summed E-state index contributed by atoms with van der Waals surface area (Å²) in [6.45, 7) is 10.9. The minimum atomic E-state index is -0.425. The molecule has 2 N–H and O–H groups in total. The number of nitrogens with one attached hydrogen (secondary N) is 2. The van der Waals surface area contributed by atoms with Crippen molar-refractivity contribution in [3.05, 3.63) is 0 Å². The first kappa shape index (κ1) is 15.7. The number of esters is 1. The number of urea groups is 1. The van der Waals surface area contributed by atoms with Crippen LogP contribution in [0.1, 0.15) is 34.6 Å². The highest BCUT2D eigenvalue weighted by atomic mass is 16.5. The number of amides is 2. The van der Waals surface area contributed by atoms with Gasteiger partial charge in [-0.2, -0.15) is 0 Å². The molecule has 0 bridgehead atoms. The van der Waals surface area contributed by atoms with Crippen LogP contribution in [0.15, 0.2) is 0 Å². The van der Waals surface area contributed by atoms with E-state index in [1.807, 2.05) is 0 Å². The molecule has 0 radical (unpaired) electrons. The van der Waals surface area contributed by atoms with Gasteiger partial charge >= 0.3 is 12.0 Å². The van der Waals surface area contributed by atoms with Crippen LogP contribution in [0.25, 0.3) is 0 Å². The molecule has 0 aromatic heterocycles. The lowest BCUT2D eigenvalue weighted by Crippen LogP contribution is -2.44. The van der Waals surface area contributed by atoms with Gasteiger partial charge in [0.2, 0.25) is 0 Å². The zero-order valence-corrected chi connectivity index (χ0v) is 11.4. The van der Waals surface area contributed by atoms with E-state index in [2.05, 4.69) is 38.3 Å². The summed E-state index contributed by atoms with van der Waals surface area (Å²) in [6, 6.07) is -0.341. The second-order valence-electron chi connectivity index (χ2n) is 4.98. The fraction of sp³-hybridized carbons (Fsp3) is 0.833. The molecule has 0 aromatic carbocycles. The number of hydrogen-bond acceptors (Lipinski definition) is 3. The van der Waals surface area contributed by atoms with E-state index in [1.165, 1.54) is 0 Å². The average molecular weight is 244 g/mol. The normalized spacial score (nSPS) is 11.2. The van der Waals surface area contributed by atoms with Gasteiger partial charge in [-0.05, 0) is 18.3 Å². The van der Waals surface area contributed by atoms with Crippen molar-refractivity contribution in [1.29, 1.82) is 0 Å². The third-order valence-electron chi connectivity index (χ3n) is 2.97. The SMILES string of the molecule is CCOC(=O)CNC(=O)NCC(C)(C)C(C)C. The quantitative estimate of drug-likeness (QED) is 0.696. The maximum absolute atomic E-state index is 11.4. The Bertz CT molecular complexity index is 262. The lowest BCUT2D eigenvalue weighted by atomic mass is 9.81. The summed E-state index contributed by atoms with van der Waals surface area (Å²) in [4.78, 5) is 22.4. The van der Waals surface area contributed by atoms with Crippen LogP contribution in [-0.4, -0.2) is 31.7 Å². The smallest absolute Gasteiger partial charge is 0.325 e. The van der Waals surface area contributed by atoms with Crippen molar-refractivity contribution in [2.45, 2.75) is 34.6 Å². The first-order valence-electron chi connectivity index (χ1n) is 5.97. The largest absolute Gasteiger partial charge is 0.465 e. The Morgan fingerprint density at radius 1 is 1.24 bits per heavy atom. The first-order valence-corrected chi connectivity index (χ1v) is 5.97. The predicted molar refractivity (Wildman–Crippen MR) is 66.7 cm³/mol. The second-order valence-corrected chi connectivity index (χ2v) is 4.98. The van der Waals surface area contributed by atoms with E-state index in [4.69, 9.17) is 4.74 Å². The molecule has 2 amide bonds. The van der Waals surface area contributed by atoms with E-state index in [0.29, 0.717) is 19.1 Å². The van der Waals surface area contributed by atoms with Crippen LogP contribution >= 0.6 is 0 Å². The maximum Gasteiger partial charge on any atom is 0.325 e. The Morgan fingerprint density at radius 2 is 1.82 bits per heavy atom. The van der Waals surface area contributed by atoms with Crippen molar-refractivity contribution >= 4 is 12.0 Å². The molecular formula is C12H24N2O3. The lowest BCUT2D eigenvalue weighted by Gasteiger charge is -2.29. The van der Waals surface area contributed by atoms with Crippen LogP contribution in [0.4, 0.5) is 4.79 Å². The molecule has 0 aromatic rings. The lowest BCUT2D eigenvalue weighted by molar-refractivity contribution is -0.141. The van der Waals surface area contributed by atoms with E-state index in [0.717, 1.165) is 0 Å². The van der Waals surface area contributed by atoms with Gasteiger partial charge in [0.1, 0.15) is 6.54 Å². The van der Waals surface area contributed by atoms with Crippen molar-refractivity contribution in [2.24, 2.45) is 11.3 Å². The summed E-state index contributed by atoms with van der Waals surface area (Å²) in [7, 11) is 0. The van der Waals surface area contributed by atoms with Gasteiger partial charge in [0.15, 0.2) is 0 Å². The van der Waals surface area contributed by atoms with Crippen LogP contribution in [-0.2, 0) is 9.53 Å². The number of carbonyl (C=O) groups is 2. The molecule has 0 rings (SSSR count). The minimum absolute atomic E-state index is 0.0290. The number of ether oxygens (including phenoxy) is 1. The van der Waals surface area contributed by atoms with Gasteiger partial charge in [0.05, 0.1) is 6.61 Å². The average Bonchev–Trinajstić information content (AvgIpc) is 2.24. The summed E-state index contributed by atoms with van der Waals surface area (Å²) in [5, 5.41) is 5.20. The molecule has 0 heterocycles. The molecular weight excluding hydrogens is 220 g/mol. The monoisotopic (exact) mass is 244 g/mol. The first-order chi connectivity index (χ1) is 7.79. The van der Waals surface area contributed by atoms with Crippen LogP contribution in [0.3, 0.4) is 0 Å². The number of carbonyl (C=O) groups excluding carboxylic acids is 2. The Hall–Kier alpha value is -1.26. The molecule has 17 heavy (non-hydrogen) atoms. The highest BCUT2D eigenvalue weighted by Crippen LogP contribution is 2.24. The molecule has 0 saturated heterocycles. The van der Waals surface area contributed by atoms with Crippen LogP contribution < -0.4 is 10.6 Å². The molecule has 0 fully saturated rings. The third kappa shape index (κ3) is 6.81. The van der Waals surface area contributed by atoms with Gasteiger partial charge in [0, 0.05) is 6.54 Å². The van der Waals surface area contributed by atoms with Crippen molar-refractivity contribution in [1.82, 2.24) is 10.6 Å². The summed E-state index contributed by atoms with van der Waals surface area (Å²) in [5.74, 6) is 0.0404. The van der Waals surface area contributed by atoms with E-state index >= 15 is 0 Å².